The molecule has 1 aliphatic rings. The van der Waals surface area contributed by atoms with Crippen LogP contribution < -0.4 is 20.3 Å². The van der Waals surface area contributed by atoms with Gasteiger partial charge in [0, 0.05) is 53.5 Å². The van der Waals surface area contributed by atoms with E-state index >= 15 is 0 Å². The van der Waals surface area contributed by atoms with Crippen LogP contribution in [0, 0.1) is 0 Å². The van der Waals surface area contributed by atoms with Crippen LogP contribution in [0.5, 0.6) is 5.75 Å². The Morgan fingerprint density at radius 3 is 2.71 bits per heavy atom. The van der Waals surface area contributed by atoms with Gasteiger partial charge in [-0.3, -0.25) is 0 Å². The van der Waals surface area contributed by atoms with Gasteiger partial charge >= 0.3 is 12.4 Å². The normalized spacial score (nSPS) is 13.1. The van der Waals surface area contributed by atoms with E-state index in [1.54, 1.807) is 6.20 Å². The van der Waals surface area contributed by atoms with E-state index in [4.69, 9.17) is 0 Å². The smallest absolute Gasteiger partial charge is 0.406 e. The number of aromatic amines is 1. The number of anilines is 3. The Morgan fingerprint density at radius 1 is 1.09 bits per heavy atom. The fraction of sp³-hybridized carbons (Fsp3) is 0.167. The fourth-order valence-electron chi connectivity index (χ4n) is 4.16. The Kier molecular flexibility index (Phi) is 5.48. The highest BCUT2D eigenvalue weighted by atomic mass is 19.4. The molecule has 2 amide bonds. The molecule has 3 heterocycles. The van der Waals surface area contributed by atoms with Crippen LogP contribution >= 0.6 is 0 Å². The van der Waals surface area contributed by atoms with Gasteiger partial charge in [-0.1, -0.05) is 6.07 Å². The first-order chi connectivity index (χ1) is 16.4. The predicted molar refractivity (Wildman–Crippen MR) is 123 cm³/mol. The second-order valence-corrected chi connectivity index (χ2v) is 7.84. The molecule has 0 saturated heterocycles. The SMILES string of the molecule is O=C(Nc1ccc(OC(F)(F)F)cc1)Nc1cccc2c1CCN2Cc1c[nH]c2ncccc12. The summed E-state index contributed by atoms with van der Waals surface area (Å²) in [6.45, 7) is 1.52. The third-order valence-corrected chi connectivity index (χ3v) is 5.62. The maximum Gasteiger partial charge on any atom is 0.573 e. The average Bonchev–Trinajstić information content (AvgIpc) is 3.40. The summed E-state index contributed by atoms with van der Waals surface area (Å²) < 4.78 is 40.7. The van der Waals surface area contributed by atoms with E-state index in [9.17, 15) is 18.0 Å². The van der Waals surface area contributed by atoms with Gasteiger partial charge in [0.25, 0.3) is 0 Å². The van der Waals surface area contributed by atoms with E-state index in [1.807, 2.05) is 36.5 Å². The second kappa shape index (κ2) is 8.62. The largest absolute Gasteiger partial charge is 0.573 e. The molecule has 0 spiro atoms. The fourth-order valence-corrected chi connectivity index (χ4v) is 4.16. The molecule has 0 bridgehead atoms. The first kappa shape index (κ1) is 21.6. The zero-order chi connectivity index (χ0) is 23.7. The summed E-state index contributed by atoms with van der Waals surface area (Å²) in [6, 6.07) is 14.2. The Hall–Kier alpha value is -4.21. The molecule has 0 unspecified atom stereocenters. The first-order valence-corrected chi connectivity index (χ1v) is 10.6. The molecule has 2 aromatic heterocycles. The van der Waals surface area contributed by atoms with Gasteiger partial charge in [-0.25, -0.2) is 9.78 Å². The molecular weight excluding hydrogens is 447 g/mol. The highest BCUT2D eigenvalue weighted by molar-refractivity contribution is 6.01. The van der Waals surface area contributed by atoms with E-state index in [2.05, 4.69) is 30.2 Å². The molecule has 0 fully saturated rings. The van der Waals surface area contributed by atoms with E-state index in [0.717, 1.165) is 52.9 Å². The van der Waals surface area contributed by atoms with Crippen molar-refractivity contribution in [2.75, 3.05) is 22.1 Å². The summed E-state index contributed by atoms with van der Waals surface area (Å²) in [4.78, 5) is 22.3. The molecule has 1 aliphatic heterocycles. The lowest BCUT2D eigenvalue weighted by molar-refractivity contribution is -0.274. The quantitative estimate of drug-likeness (QED) is 0.353. The van der Waals surface area contributed by atoms with Crippen molar-refractivity contribution in [3.05, 3.63) is 78.1 Å². The van der Waals surface area contributed by atoms with Gasteiger partial charge in [0.05, 0.1) is 0 Å². The number of pyridine rings is 1. The van der Waals surface area contributed by atoms with Crippen LogP contribution in [-0.2, 0) is 13.0 Å². The number of nitrogens with one attached hydrogen (secondary N) is 3. The van der Waals surface area contributed by atoms with Crippen LogP contribution in [0.2, 0.25) is 0 Å². The molecule has 34 heavy (non-hydrogen) atoms. The number of alkyl halides is 3. The molecule has 3 N–H and O–H groups in total. The van der Waals surface area contributed by atoms with Gasteiger partial charge in [0.15, 0.2) is 0 Å². The van der Waals surface area contributed by atoms with E-state index in [1.165, 1.54) is 12.1 Å². The zero-order valence-electron chi connectivity index (χ0n) is 17.8. The Bertz CT molecular complexity index is 1330. The predicted octanol–water partition coefficient (Wildman–Crippen LogP) is 5.67. The maximum atomic E-state index is 12.5. The highest BCUT2D eigenvalue weighted by Gasteiger charge is 2.31. The minimum atomic E-state index is -4.76. The second-order valence-electron chi connectivity index (χ2n) is 7.84. The number of halogens is 3. The Balaban J connectivity index is 1.26. The molecular formula is C24H20F3N5O2. The number of ether oxygens (including phenoxy) is 1. The van der Waals surface area contributed by atoms with E-state index in [-0.39, 0.29) is 5.75 Å². The molecule has 0 saturated carbocycles. The van der Waals surface area contributed by atoms with Gasteiger partial charge in [0.1, 0.15) is 11.4 Å². The molecule has 0 aliphatic carbocycles. The topological polar surface area (TPSA) is 82.3 Å². The van der Waals surface area contributed by atoms with Crippen molar-refractivity contribution in [1.82, 2.24) is 9.97 Å². The number of hydrogen-bond donors (Lipinski definition) is 3. The Labute approximate surface area is 192 Å². The molecule has 2 aromatic carbocycles. The maximum absolute atomic E-state index is 12.5. The van der Waals surface area contributed by atoms with Gasteiger partial charge in [-0.05, 0) is 60.5 Å². The lowest BCUT2D eigenvalue weighted by atomic mass is 10.1. The Morgan fingerprint density at radius 2 is 1.91 bits per heavy atom. The minimum Gasteiger partial charge on any atom is -0.406 e. The molecule has 4 aromatic rings. The van der Waals surface area contributed by atoms with E-state index < -0.39 is 12.4 Å². The zero-order valence-corrected chi connectivity index (χ0v) is 17.8. The molecule has 174 valence electrons. The van der Waals surface area contributed by atoms with Crippen LogP contribution in [0.3, 0.4) is 0 Å². The molecule has 0 atom stereocenters. The third-order valence-electron chi connectivity index (χ3n) is 5.62. The number of hydrogen-bond acceptors (Lipinski definition) is 4. The number of H-pyrrole nitrogens is 1. The number of rotatable bonds is 5. The summed E-state index contributed by atoms with van der Waals surface area (Å²) in [5.41, 5.74) is 5.10. The lowest BCUT2D eigenvalue weighted by Crippen LogP contribution is -2.20. The number of benzene rings is 2. The van der Waals surface area contributed by atoms with Crippen molar-refractivity contribution < 1.29 is 22.7 Å². The number of aromatic nitrogens is 2. The van der Waals surface area contributed by atoms with Crippen LogP contribution in [0.15, 0.2) is 67.0 Å². The number of amides is 2. The first-order valence-electron chi connectivity index (χ1n) is 10.6. The number of carbonyl (C=O) groups excluding carboxylic acids is 1. The minimum absolute atomic E-state index is 0.342. The number of urea groups is 1. The molecule has 7 nitrogen and oxygen atoms in total. The van der Waals surface area contributed by atoms with Gasteiger partial charge in [-0.2, -0.15) is 0 Å². The summed E-state index contributed by atoms with van der Waals surface area (Å²) in [5, 5.41) is 6.56. The van der Waals surface area contributed by atoms with Crippen LogP contribution in [0.25, 0.3) is 11.0 Å². The monoisotopic (exact) mass is 467 g/mol. The molecule has 5 rings (SSSR count). The van der Waals surface area contributed by atoms with Crippen molar-refractivity contribution in [2.45, 2.75) is 19.3 Å². The number of nitrogens with zero attached hydrogens (tertiary/aromatic N) is 2. The lowest BCUT2D eigenvalue weighted by Gasteiger charge is -2.19. The van der Waals surface area contributed by atoms with Crippen molar-refractivity contribution in [3.8, 4) is 5.75 Å². The summed E-state index contributed by atoms with van der Waals surface area (Å²) >= 11 is 0. The van der Waals surface area contributed by atoms with Crippen molar-refractivity contribution in [1.29, 1.82) is 0 Å². The standard InChI is InChI=1S/C24H20F3N5O2/c25-24(26,27)34-17-8-6-16(7-9-17)30-23(33)31-20-4-1-5-21-19(20)10-12-32(21)14-15-13-29-22-18(15)3-2-11-28-22/h1-9,11,13H,10,12,14H2,(H,28,29)(H2,30,31,33). The molecule has 0 radical (unpaired) electrons. The van der Waals surface area contributed by atoms with Crippen molar-refractivity contribution in [3.63, 3.8) is 0 Å². The summed E-state index contributed by atoms with van der Waals surface area (Å²) in [7, 11) is 0. The van der Waals surface area contributed by atoms with Crippen LogP contribution in [-0.4, -0.2) is 28.9 Å². The van der Waals surface area contributed by atoms with Gasteiger partial charge in [-0.15, -0.1) is 13.2 Å². The average molecular weight is 467 g/mol. The molecule has 10 heteroatoms. The van der Waals surface area contributed by atoms with Crippen molar-refractivity contribution in [2.24, 2.45) is 0 Å². The van der Waals surface area contributed by atoms with Crippen LogP contribution in [0.1, 0.15) is 11.1 Å². The number of fused-ring (bicyclic) bond motifs is 2. The summed E-state index contributed by atoms with van der Waals surface area (Å²) in [5.74, 6) is -0.356. The van der Waals surface area contributed by atoms with Gasteiger partial charge in [0.2, 0.25) is 0 Å². The third kappa shape index (κ3) is 4.61. The van der Waals surface area contributed by atoms with Crippen LogP contribution in [0.4, 0.5) is 35.0 Å². The summed E-state index contributed by atoms with van der Waals surface area (Å²) in [6.07, 6.45) is -0.271. The van der Waals surface area contributed by atoms with Gasteiger partial charge < -0.3 is 25.3 Å². The highest BCUT2D eigenvalue weighted by Crippen LogP contribution is 2.35. The number of carbonyl (C=O) groups is 1. The van der Waals surface area contributed by atoms with E-state index in [0.29, 0.717) is 17.9 Å². The van der Waals surface area contributed by atoms with Crippen molar-refractivity contribution >= 4 is 34.1 Å².